The molecule has 3 rings (SSSR count). The number of aromatic nitrogens is 4. The van der Waals surface area contributed by atoms with E-state index in [0.717, 1.165) is 44.5 Å². The maximum Gasteiger partial charge on any atom is 0.332 e. The Bertz CT molecular complexity index is 858. The van der Waals surface area contributed by atoms with Crippen LogP contribution in [0, 0.1) is 0 Å². The van der Waals surface area contributed by atoms with Gasteiger partial charge in [-0.05, 0) is 40.3 Å². The topological polar surface area (TPSA) is 65.1 Å². The number of hydrogen-bond donors (Lipinski definition) is 0. The fourth-order valence-corrected chi connectivity index (χ4v) is 3.41. The summed E-state index contributed by atoms with van der Waals surface area (Å²) in [5.74, 6) is 0.926. The molecular weight excluding hydrogens is 306 g/mol. The highest BCUT2D eigenvalue weighted by molar-refractivity contribution is 5.71. The molecule has 0 N–H and O–H groups in total. The van der Waals surface area contributed by atoms with Crippen molar-refractivity contribution >= 4 is 11.2 Å². The SMILES string of the molecule is C[C@H](CCCCn1c(=O)c2c(nc3n2CCC3)n(C)c1=O)N(C)C. The minimum Gasteiger partial charge on any atom is -0.322 e. The van der Waals surface area contributed by atoms with Crippen molar-refractivity contribution in [2.45, 2.75) is 58.2 Å². The molecule has 24 heavy (non-hydrogen) atoms. The molecule has 3 heterocycles. The molecular formula is C17H27N5O2. The first-order chi connectivity index (χ1) is 11.4. The molecule has 2 aromatic heterocycles. The highest BCUT2D eigenvalue weighted by Crippen LogP contribution is 2.19. The van der Waals surface area contributed by atoms with Gasteiger partial charge in [0, 0.05) is 32.6 Å². The van der Waals surface area contributed by atoms with Gasteiger partial charge in [0.1, 0.15) is 5.82 Å². The summed E-state index contributed by atoms with van der Waals surface area (Å²) < 4.78 is 4.89. The first kappa shape index (κ1) is 17.0. The van der Waals surface area contributed by atoms with Crippen LogP contribution in [0.5, 0.6) is 0 Å². The molecule has 132 valence electrons. The van der Waals surface area contributed by atoms with Gasteiger partial charge in [0.25, 0.3) is 5.56 Å². The van der Waals surface area contributed by atoms with Crippen LogP contribution >= 0.6 is 0 Å². The summed E-state index contributed by atoms with van der Waals surface area (Å²) in [5, 5.41) is 0. The fourth-order valence-electron chi connectivity index (χ4n) is 3.41. The van der Waals surface area contributed by atoms with E-state index >= 15 is 0 Å². The fraction of sp³-hybridized carbons (Fsp3) is 0.706. The molecule has 1 aliphatic rings. The summed E-state index contributed by atoms with van der Waals surface area (Å²) in [6, 6.07) is 0.505. The van der Waals surface area contributed by atoms with E-state index in [4.69, 9.17) is 0 Å². The average molecular weight is 333 g/mol. The van der Waals surface area contributed by atoms with Gasteiger partial charge >= 0.3 is 5.69 Å². The van der Waals surface area contributed by atoms with E-state index in [1.165, 1.54) is 9.13 Å². The van der Waals surface area contributed by atoms with Gasteiger partial charge in [-0.2, -0.15) is 0 Å². The lowest BCUT2D eigenvalue weighted by Crippen LogP contribution is -2.39. The number of nitrogens with zero attached hydrogens (tertiary/aromatic N) is 5. The maximum atomic E-state index is 12.8. The predicted molar refractivity (Wildman–Crippen MR) is 94.6 cm³/mol. The number of imidazole rings is 1. The second-order valence-corrected chi connectivity index (χ2v) is 7.06. The summed E-state index contributed by atoms with van der Waals surface area (Å²) in [6.45, 7) is 3.48. The molecule has 0 aromatic carbocycles. The van der Waals surface area contributed by atoms with Crippen molar-refractivity contribution in [1.29, 1.82) is 0 Å². The zero-order chi connectivity index (χ0) is 17.4. The Labute approximate surface area is 141 Å². The summed E-state index contributed by atoms with van der Waals surface area (Å²) >= 11 is 0. The van der Waals surface area contributed by atoms with Gasteiger partial charge in [-0.25, -0.2) is 9.78 Å². The lowest BCUT2D eigenvalue weighted by atomic mass is 10.1. The Balaban J connectivity index is 1.86. The third-order valence-electron chi connectivity index (χ3n) is 5.23. The zero-order valence-electron chi connectivity index (χ0n) is 15.1. The minimum absolute atomic E-state index is 0.186. The van der Waals surface area contributed by atoms with Crippen LogP contribution in [0.2, 0.25) is 0 Å². The summed E-state index contributed by atoms with van der Waals surface area (Å²) in [7, 11) is 5.84. The first-order valence-electron chi connectivity index (χ1n) is 8.77. The molecule has 1 aliphatic heterocycles. The van der Waals surface area contributed by atoms with E-state index < -0.39 is 0 Å². The van der Waals surface area contributed by atoms with E-state index in [-0.39, 0.29) is 11.2 Å². The van der Waals surface area contributed by atoms with E-state index in [1.807, 2.05) is 4.57 Å². The Morgan fingerprint density at radius 3 is 2.71 bits per heavy atom. The van der Waals surface area contributed by atoms with E-state index in [0.29, 0.717) is 23.8 Å². The number of aryl methyl sites for hydroxylation is 3. The molecule has 0 saturated carbocycles. The van der Waals surface area contributed by atoms with Crippen molar-refractivity contribution in [3.05, 3.63) is 26.7 Å². The highest BCUT2D eigenvalue weighted by Gasteiger charge is 2.22. The molecule has 1 atom stereocenters. The van der Waals surface area contributed by atoms with Crippen LogP contribution in [-0.4, -0.2) is 43.7 Å². The van der Waals surface area contributed by atoms with Crippen molar-refractivity contribution in [2.75, 3.05) is 14.1 Å². The van der Waals surface area contributed by atoms with Crippen LogP contribution < -0.4 is 11.2 Å². The minimum atomic E-state index is -0.259. The first-order valence-corrected chi connectivity index (χ1v) is 8.77. The van der Waals surface area contributed by atoms with Crippen LogP contribution in [0.1, 0.15) is 38.4 Å². The Hall–Kier alpha value is -1.89. The van der Waals surface area contributed by atoms with Gasteiger partial charge in [0.15, 0.2) is 11.2 Å². The monoisotopic (exact) mass is 333 g/mol. The highest BCUT2D eigenvalue weighted by atomic mass is 16.2. The van der Waals surface area contributed by atoms with Crippen molar-refractivity contribution in [1.82, 2.24) is 23.6 Å². The number of unbranched alkanes of at least 4 members (excludes halogenated alkanes) is 1. The molecule has 7 heteroatoms. The predicted octanol–water partition coefficient (Wildman–Crippen LogP) is 0.963. The van der Waals surface area contributed by atoms with Crippen LogP contribution in [-0.2, 0) is 26.6 Å². The molecule has 0 unspecified atom stereocenters. The van der Waals surface area contributed by atoms with Gasteiger partial charge in [-0.1, -0.05) is 6.42 Å². The Morgan fingerprint density at radius 1 is 1.25 bits per heavy atom. The Morgan fingerprint density at radius 2 is 2.00 bits per heavy atom. The molecule has 7 nitrogen and oxygen atoms in total. The van der Waals surface area contributed by atoms with Crippen molar-refractivity contribution in [3.63, 3.8) is 0 Å². The lowest BCUT2D eigenvalue weighted by Gasteiger charge is -2.19. The quantitative estimate of drug-likeness (QED) is 0.739. The summed E-state index contributed by atoms with van der Waals surface area (Å²) in [4.78, 5) is 32.1. The average Bonchev–Trinajstić information content (AvgIpc) is 3.12. The molecule has 0 radical (unpaired) electrons. The largest absolute Gasteiger partial charge is 0.332 e. The van der Waals surface area contributed by atoms with Crippen LogP contribution in [0.15, 0.2) is 9.59 Å². The normalized spacial score (nSPS) is 15.4. The Kier molecular flexibility index (Phi) is 4.62. The third-order valence-corrected chi connectivity index (χ3v) is 5.23. The van der Waals surface area contributed by atoms with Gasteiger partial charge in [-0.15, -0.1) is 0 Å². The van der Waals surface area contributed by atoms with Crippen LogP contribution in [0.25, 0.3) is 11.2 Å². The van der Waals surface area contributed by atoms with Crippen molar-refractivity contribution in [3.8, 4) is 0 Å². The van der Waals surface area contributed by atoms with E-state index in [2.05, 4.69) is 30.9 Å². The third kappa shape index (κ3) is 2.81. The summed E-state index contributed by atoms with van der Waals surface area (Å²) in [5.41, 5.74) is 0.669. The second kappa shape index (κ2) is 6.55. The molecule has 2 aromatic rings. The van der Waals surface area contributed by atoms with E-state index in [9.17, 15) is 9.59 Å². The maximum absolute atomic E-state index is 12.8. The molecule has 0 saturated heterocycles. The summed E-state index contributed by atoms with van der Waals surface area (Å²) in [6.07, 6.45) is 4.79. The van der Waals surface area contributed by atoms with Crippen LogP contribution in [0.4, 0.5) is 0 Å². The number of rotatable bonds is 6. The van der Waals surface area contributed by atoms with Gasteiger partial charge < -0.3 is 9.47 Å². The standard InChI is InChI=1S/C17H27N5O2/c1-12(19(2)3)8-5-6-10-22-16(23)14-15(20(4)17(22)24)18-13-9-7-11-21(13)14/h12H,5-11H2,1-4H3/t12-/m1/s1. The molecule has 0 bridgehead atoms. The second-order valence-electron chi connectivity index (χ2n) is 7.06. The van der Waals surface area contributed by atoms with E-state index in [1.54, 1.807) is 7.05 Å². The van der Waals surface area contributed by atoms with Gasteiger partial charge in [0.2, 0.25) is 0 Å². The van der Waals surface area contributed by atoms with Gasteiger partial charge in [-0.3, -0.25) is 13.9 Å². The molecule has 0 aliphatic carbocycles. The zero-order valence-corrected chi connectivity index (χ0v) is 15.1. The number of fused-ring (bicyclic) bond motifs is 3. The lowest BCUT2D eigenvalue weighted by molar-refractivity contribution is 0.290. The van der Waals surface area contributed by atoms with Crippen LogP contribution in [0.3, 0.4) is 0 Å². The molecule has 0 fully saturated rings. The smallest absolute Gasteiger partial charge is 0.322 e. The van der Waals surface area contributed by atoms with Crippen molar-refractivity contribution in [2.24, 2.45) is 7.05 Å². The molecule has 0 amide bonds. The number of hydrogen-bond acceptors (Lipinski definition) is 4. The van der Waals surface area contributed by atoms with Gasteiger partial charge in [0.05, 0.1) is 0 Å². The van der Waals surface area contributed by atoms with Crippen molar-refractivity contribution < 1.29 is 0 Å². The molecule has 0 spiro atoms.